The number of amides is 2. The first-order chi connectivity index (χ1) is 10.7. The maximum absolute atomic E-state index is 12.5. The minimum absolute atomic E-state index is 0.0523. The molecule has 118 valence electrons. The smallest absolute Gasteiger partial charge is 0.317 e. The summed E-state index contributed by atoms with van der Waals surface area (Å²) < 4.78 is 5.22. The highest BCUT2D eigenvalue weighted by molar-refractivity contribution is 5.74. The van der Waals surface area contributed by atoms with Gasteiger partial charge < -0.3 is 14.7 Å². The number of nitrogens with one attached hydrogen (secondary N) is 1. The Kier molecular flexibility index (Phi) is 3.24. The molecule has 2 amide bonds. The summed E-state index contributed by atoms with van der Waals surface area (Å²) in [4.78, 5) is 14.5. The standard InChI is InChI=1S/C17H23N3O2/c1-3-16-13(10(2)22-19-16)7-18-17(21)20-8-14-11-4-5-12(6-11)15(14)9-20/h4-5,11-12,14-15H,3,6-9H2,1-2H3,(H,18,21)/t11?,12?,14-,15+. The van der Waals surface area contributed by atoms with E-state index in [2.05, 4.69) is 22.6 Å². The number of aromatic nitrogens is 1. The molecular weight excluding hydrogens is 278 g/mol. The molecule has 1 N–H and O–H groups in total. The monoisotopic (exact) mass is 301 g/mol. The fourth-order valence-corrected chi connectivity index (χ4v) is 4.53. The predicted octanol–water partition coefficient (Wildman–Crippen LogP) is 2.51. The van der Waals surface area contributed by atoms with Crippen LogP contribution >= 0.6 is 0 Å². The van der Waals surface area contributed by atoms with Crippen molar-refractivity contribution in [2.45, 2.75) is 33.2 Å². The third kappa shape index (κ3) is 2.06. The van der Waals surface area contributed by atoms with Crippen molar-refractivity contribution in [1.82, 2.24) is 15.4 Å². The van der Waals surface area contributed by atoms with Gasteiger partial charge in [0, 0.05) is 25.2 Å². The quantitative estimate of drug-likeness (QED) is 0.873. The predicted molar refractivity (Wildman–Crippen MR) is 82.1 cm³/mol. The molecule has 0 spiro atoms. The number of hydrogen-bond donors (Lipinski definition) is 1. The molecule has 4 atom stereocenters. The lowest BCUT2D eigenvalue weighted by Crippen LogP contribution is -2.39. The van der Waals surface area contributed by atoms with E-state index in [0.29, 0.717) is 30.2 Å². The van der Waals surface area contributed by atoms with Crippen LogP contribution in [0, 0.1) is 30.6 Å². The molecule has 0 radical (unpaired) electrons. The van der Waals surface area contributed by atoms with E-state index in [9.17, 15) is 4.79 Å². The molecule has 5 nitrogen and oxygen atoms in total. The van der Waals surface area contributed by atoms with Gasteiger partial charge in [-0.3, -0.25) is 0 Å². The first-order valence-corrected chi connectivity index (χ1v) is 8.32. The number of likely N-dealkylation sites (tertiary alicyclic amines) is 1. The molecular formula is C17H23N3O2. The van der Waals surface area contributed by atoms with Gasteiger partial charge in [-0.05, 0) is 43.4 Å². The van der Waals surface area contributed by atoms with Crippen molar-refractivity contribution in [1.29, 1.82) is 0 Å². The largest absolute Gasteiger partial charge is 0.361 e. The molecule has 2 heterocycles. The SMILES string of the molecule is CCc1noc(C)c1CNC(=O)N1C[C@@H]2C3C=CC(C3)[C@@H]2C1. The van der Waals surface area contributed by atoms with Crippen LogP contribution in [0.1, 0.15) is 30.4 Å². The second kappa shape index (κ2) is 5.14. The summed E-state index contributed by atoms with van der Waals surface area (Å²) in [6.45, 7) is 6.27. The zero-order valence-electron chi connectivity index (χ0n) is 13.2. The molecule has 1 aliphatic heterocycles. The molecule has 5 heteroatoms. The van der Waals surface area contributed by atoms with Crippen LogP contribution < -0.4 is 5.32 Å². The third-order valence-electron chi connectivity index (χ3n) is 5.77. The van der Waals surface area contributed by atoms with Crippen molar-refractivity contribution in [2.24, 2.45) is 23.7 Å². The van der Waals surface area contributed by atoms with Crippen molar-refractivity contribution in [3.63, 3.8) is 0 Å². The molecule has 2 unspecified atom stereocenters. The summed E-state index contributed by atoms with van der Waals surface area (Å²) in [5.41, 5.74) is 1.97. The minimum Gasteiger partial charge on any atom is -0.361 e. The van der Waals surface area contributed by atoms with Crippen molar-refractivity contribution in [3.8, 4) is 0 Å². The third-order valence-corrected chi connectivity index (χ3v) is 5.77. The van der Waals surface area contributed by atoms with Crippen LogP contribution in [0.4, 0.5) is 4.79 Å². The molecule has 0 aromatic carbocycles. The first kappa shape index (κ1) is 13.9. The van der Waals surface area contributed by atoms with Crippen LogP contribution in [0.15, 0.2) is 16.7 Å². The molecule has 1 saturated heterocycles. The molecule has 22 heavy (non-hydrogen) atoms. The Morgan fingerprint density at radius 2 is 2.05 bits per heavy atom. The van der Waals surface area contributed by atoms with Crippen LogP contribution in [0.3, 0.4) is 0 Å². The molecule has 3 aliphatic rings. The Morgan fingerprint density at radius 1 is 1.36 bits per heavy atom. The van der Waals surface area contributed by atoms with E-state index in [4.69, 9.17) is 4.52 Å². The highest BCUT2D eigenvalue weighted by Gasteiger charge is 2.50. The average Bonchev–Trinajstić information content (AvgIpc) is 3.26. The van der Waals surface area contributed by atoms with Crippen LogP contribution in [0.2, 0.25) is 0 Å². The van der Waals surface area contributed by atoms with E-state index in [0.717, 1.165) is 36.5 Å². The summed E-state index contributed by atoms with van der Waals surface area (Å²) in [5.74, 6) is 3.59. The lowest BCUT2D eigenvalue weighted by Gasteiger charge is -2.19. The number of urea groups is 1. The first-order valence-electron chi connectivity index (χ1n) is 8.32. The van der Waals surface area contributed by atoms with E-state index >= 15 is 0 Å². The van der Waals surface area contributed by atoms with Gasteiger partial charge in [-0.1, -0.05) is 24.2 Å². The number of aryl methyl sites for hydroxylation is 2. The van der Waals surface area contributed by atoms with Crippen molar-refractivity contribution in [3.05, 3.63) is 29.2 Å². The van der Waals surface area contributed by atoms with Crippen molar-refractivity contribution in [2.75, 3.05) is 13.1 Å². The van der Waals surface area contributed by atoms with Gasteiger partial charge in [0.05, 0.1) is 5.69 Å². The number of carbonyl (C=O) groups is 1. The Labute approximate surface area is 130 Å². The summed E-state index contributed by atoms with van der Waals surface area (Å²) in [6.07, 6.45) is 6.86. The Balaban J connectivity index is 1.37. The van der Waals surface area contributed by atoms with E-state index in [1.807, 2.05) is 18.7 Å². The van der Waals surface area contributed by atoms with Gasteiger partial charge in [0.25, 0.3) is 0 Å². The number of allylic oxidation sites excluding steroid dienone is 2. The molecule has 2 fully saturated rings. The van der Waals surface area contributed by atoms with Crippen LogP contribution in [-0.4, -0.2) is 29.2 Å². The number of nitrogens with zero attached hydrogens (tertiary/aromatic N) is 2. The lowest BCUT2D eigenvalue weighted by molar-refractivity contribution is 0.203. The Bertz CT molecular complexity index is 601. The fourth-order valence-electron chi connectivity index (χ4n) is 4.53. The average molecular weight is 301 g/mol. The second-order valence-electron chi connectivity index (χ2n) is 6.86. The molecule has 4 rings (SSSR count). The van der Waals surface area contributed by atoms with E-state index in [1.165, 1.54) is 6.42 Å². The number of rotatable bonds is 3. The maximum Gasteiger partial charge on any atom is 0.317 e. The van der Waals surface area contributed by atoms with Crippen molar-refractivity contribution >= 4 is 6.03 Å². The highest BCUT2D eigenvalue weighted by Crippen LogP contribution is 2.51. The van der Waals surface area contributed by atoms with Gasteiger partial charge in [-0.2, -0.15) is 0 Å². The van der Waals surface area contributed by atoms with Crippen LogP contribution in [0.25, 0.3) is 0 Å². The summed E-state index contributed by atoms with van der Waals surface area (Å²) in [7, 11) is 0. The van der Waals surface area contributed by atoms with Crippen LogP contribution in [-0.2, 0) is 13.0 Å². The van der Waals surface area contributed by atoms with E-state index in [1.54, 1.807) is 0 Å². The molecule has 2 bridgehead atoms. The van der Waals surface area contributed by atoms with Gasteiger partial charge >= 0.3 is 6.03 Å². The van der Waals surface area contributed by atoms with Gasteiger partial charge in [-0.15, -0.1) is 0 Å². The molecule has 1 saturated carbocycles. The van der Waals surface area contributed by atoms with Gasteiger partial charge in [0.1, 0.15) is 5.76 Å². The zero-order chi connectivity index (χ0) is 15.3. The number of fused-ring (bicyclic) bond motifs is 5. The molecule has 1 aromatic heterocycles. The van der Waals surface area contributed by atoms with Crippen molar-refractivity contribution < 1.29 is 9.32 Å². The van der Waals surface area contributed by atoms with Gasteiger partial charge in [-0.25, -0.2) is 4.79 Å². The number of hydrogen-bond acceptors (Lipinski definition) is 3. The Morgan fingerprint density at radius 3 is 2.68 bits per heavy atom. The van der Waals surface area contributed by atoms with E-state index < -0.39 is 0 Å². The molecule has 1 aromatic rings. The fraction of sp³-hybridized carbons (Fsp3) is 0.647. The topological polar surface area (TPSA) is 58.4 Å². The maximum atomic E-state index is 12.5. The minimum atomic E-state index is 0.0523. The Hall–Kier alpha value is -1.78. The van der Waals surface area contributed by atoms with Gasteiger partial charge in [0.2, 0.25) is 0 Å². The van der Waals surface area contributed by atoms with Crippen LogP contribution in [0.5, 0.6) is 0 Å². The summed E-state index contributed by atoms with van der Waals surface area (Å²) >= 11 is 0. The lowest BCUT2D eigenvalue weighted by atomic mass is 9.86. The van der Waals surface area contributed by atoms with Gasteiger partial charge in [0.15, 0.2) is 0 Å². The summed E-state index contributed by atoms with van der Waals surface area (Å²) in [5, 5.41) is 7.08. The molecule has 2 aliphatic carbocycles. The number of carbonyl (C=O) groups excluding carboxylic acids is 1. The second-order valence-corrected chi connectivity index (χ2v) is 6.86. The highest BCUT2D eigenvalue weighted by atomic mass is 16.5. The normalized spacial score (nSPS) is 31.8. The zero-order valence-corrected chi connectivity index (χ0v) is 13.2. The van der Waals surface area contributed by atoms with E-state index in [-0.39, 0.29) is 6.03 Å². The summed E-state index contributed by atoms with van der Waals surface area (Å²) in [6, 6.07) is 0.0523.